The quantitative estimate of drug-likeness (QED) is 0.301. The number of piperidine rings is 1. The second kappa shape index (κ2) is 10.8. The molecular weight excluding hydrogens is 518 g/mol. The van der Waals surface area contributed by atoms with E-state index in [2.05, 4.69) is 30.6 Å². The molecule has 4 aromatic rings. The van der Waals surface area contributed by atoms with E-state index in [1.807, 2.05) is 30.0 Å². The summed E-state index contributed by atoms with van der Waals surface area (Å²) in [5.41, 5.74) is 3.19. The number of fused-ring (bicyclic) bond motifs is 1. The minimum absolute atomic E-state index is 0.316. The molecule has 0 unspecified atom stereocenters. The second-order valence-corrected chi connectivity index (χ2v) is 10.6. The van der Waals surface area contributed by atoms with Gasteiger partial charge in [0.1, 0.15) is 5.75 Å². The van der Waals surface area contributed by atoms with Crippen LogP contribution in [0.2, 0.25) is 0 Å². The van der Waals surface area contributed by atoms with Gasteiger partial charge in [0.05, 0.1) is 28.4 Å². The molecule has 0 bridgehead atoms. The van der Waals surface area contributed by atoms with Gasteiger partial charge in [0.15, 0.2) is 5.13 Å². The molecule has 1 aromatic carbocycles. The SMILES string of the molecule is CCNC(=O)Nc1nc2cc(-c3cnc(N4CCC(C)(C(=O)O)CC4)nc3)cc(-c3cc(OC)ccn3)c2s1. The summed E-state index contributed by atoms with van der Waals surface area (Å²) in [6, 6.07) is 7.27. The normalized spacial score (nSPS) is 14.7. The number of carboxylic acids is 1. The number of hydrogen-bond donors (Lipinski definition) is 3. The number of aliphatic carboxylic acids is 1. The maximum absolute atomic E-state index is 12.1. The molecule has 1 fully saturated rings. The Kier molecular flexibility index (Phi) is 7.29. The number of carbonyl (C=O) groups excluding carboxylic acids is 1. The van der Waals surface area contributed by atoms with Crippen LogP contribution in [0.15, 0.2) is 42.9 Å². The highest BCUT2D eigenvalue weighted by atomic mass is 32.1. The molecule has 3 aromatic heterocycles. The Morgan fingerprint density at radius 3 is 2.54 bits per heavy atom. The molecule has 1 aliphatic rings. The van der Waals surface area contributed by atoms with Crippen molar-refractivity contribution in [1.29, 1.82) is 0 Å². The summed E-state index contributed by atoms with van der Waals surface area (Å²) >= 11 is 1.37. The van der Waals surface area contributed by atoms with Gasteiger partial charge in [-0.1, -0.05) is 11.3 Å². The number of nitrogens with one attached hydrogen (secondary N) is 2. The van der Waals surface area contributed by atoms with E-state index in [0.29, 0.717) is 60.5 Å². The first kappa shape index (κ1) is 26.3. The number of nitrogens with zero attached hydrogens (tertiary/aromatic N) is 5. The maximum atomic E-state index is 12.1. The molecule has 0 saturated carbocycles. The summed E-state index contributed by atoms with van der Waals surface area (Å²) in [6.07, 6.45) is 6.29. The summed E-state index contributed by atoms with van der Waals surface area (Å²) in [5.74, 6) is 0.488. The summed E-state index contributed by atoms with van der Waals surface area (Å²) in [4.78, 5) is 44.1. The number of rotatable bonds is 7. The van der Waals surface area contributed by atoms with Crippen LogP contribution in [0.1, 0.15) is 26.7 Å². The van der Waals surface area contributed by atoms with Gasteiger partial charge in [0.25, 0.3) is 0 Å². The number of methoxy groups -OCH3 is 1. The van der Waals surface area contributed by atoms with Crippen molar-refractivity contribution in [2.75, 3.05) is 37.0 Å². The van der Waals surface area contributed by atoms with E-state index >= 15 is 0 Å². The first-order valence-corrected chi connectivity index (χ1v) is 13.4. The third-order valence-corrected chi connectivity index (χ3v) is 7.95. The van der Waals surface area contributed by atoms with E-state index in [9.17, 15) is 14.7 Å². The van der Waals surface area contributed by atoms with Crippen molar-refractivity contribution in [3.05, 3.63) is 42.9 Å². The van der Waals surface area contributed by atoms with Crippen molar-refractivity contribution in [3.63, 3.8) is 0 Å². The molecular formula is C27H29N7O4S. The predicted molar refractivity (Wildman–Crippen MR) is 150 cm³/mol. The van der Waals surface area contributed by atoms with Gasteiger partial charge in [0, 0.05) is 55.4 Å². The zero-order valence-electron chi connectivity index (χ0n) is 21.9. The fourth-order valence-electron chi connectivity index (χ4n) is 4.48. The predicted octanol–water partition coefficient (Wildman–Crippen LogP) is 4.66. The average Bonchev–Trinajstić information content (AvgIpc) is 3.35. The number of urea groups is 1. The number of ether oxygens (including phenoxy) is 1. The van der Waals surface area contributed by atoms with Gasteiger partial charge in [-0.05, 0) is 50.5 Å². The summed E-state index contributed by atoms with van der Waals surface area (Å²) in [7, 11) is 1.61. The minimum Gasteiger partial charge on any atom is -0.497 e. The summed E-state index contributed by atoms with van der Waals surface area (Å²) in [6.45, 7) is 5.31. The molecule has 39 heavy (non-hydrogen) atoms. The molecule has 2 amide bonds. The lowest BCUT2D eigenvalue weighted by molar-refractivity contribution is -0.149. The number of thiazole rings is 1. The van der Waals surface area contributed by atoms with Crippen LogP contribution in [-0.4, -0.2) is 63.8 Å². The van der Waals surface area contributed by atoms with Crippen LogP contribution in [0.5, 0.6) is 5.75 Å². The Hall–Kier alpha value is -4.32. The van der Waals surface area contributed by atoms with Gasteiger partial charge in [-0.2, -0.15) is 0 Å². The number of aromatic nitrogens is 4. The molecule has 1 aliphatic heterocycles. The van der Waals surface area contributed by atoms with Crippen LogP contribution in [0.25, 0.3) is 32.6 Å². The molecule has 3 N–H and O–H groups in total. The van der Waals surface area contributed by atoms with E-state index in [1.165, 1.54) is 11.3 Å². The van der Waals surface area contributed by atoms with E-state index in [4.69, 9.17) is 4.74 Å². The maximum Gasteiger partial charge on any atom is 0.321 e. The number of anilines is 2. The monoisotopic (exact) mass is 547 g/mol. The van der Waals surface area contributed by atoms with Crippen LogP contribution >= 0.6 is 11.3 Å². The third-order valence-electron chi connectivity index (χ3n) is 6.93. The summed E-state index contributed by atoms with van der Waals surface area (Å²) < 4.78 is 6.28. The number of amides is 2. The number of benzene rings is 1. The molecule has 4 heterocycles. The van der Waals surface area contributed by atoms with Crippen LogP contribution in [0, 0.1) is 5.41 Å². The van der Waals surface area contributed by atoms with Gasteiger partial charge in [-0.15, -0.1) is 0 Å². The van der Waals surface area contributed by atoms with Crippen molar-refractivity contribution in [2.24, 2.45) is 5.41 Å². The van der Waals surface area contributed by atoms with Crippen LogP contribution < -0.4 is 20.3 Å². The Bertz CT molecular complexity index is 1510. The number of carbonyl (C=O) groups is 2. The van der Waals surface area contributed by atoms with Gasteiger partial charge in [-0.3, -0.25) is 15.1 Å². The first-order chi connectivity index (χ1) is 18.8. The van der Waals surface area contributed by atoms with Crippen molar-refractivity contribution in [1.82, 2.24) is 25.3 Å². The number of carboxylic acid groups (broad SMARTS) is 1. The summed E-state index contributed by atoms with van der Waals surface area (Å²) in [5, 5.41) is 15.5. The fraction of sp³-hybridized carbons (Fsp3) is 0.333. The van der Waals surface area contributed by atoms with Gasteiger partial charge in [0.2, 0.25) is 5.95 Å². The third kappa shape index (κ3) is 5.46. The zero-order valence-corrected chi connectivity index (χ0v) is 22.7. The highest BCUT2D eigenvalue weighted by Gasteiger charge is 2.37. The van der Waals surface area contributed by atoms with E-state index in [0.717, 1.165) is 21.4 Å². The molecule has 0 spiro atoms. The van der Waals surface area contributed by atoms with Gasteiger partial charge in [-0.25, -0.2) is 19.7 Å². The highest BCUT2D eigenvalue weighted by Crippen LogP contribution is 2.39. The lowest BCUT2D eigenvalue weighted by Gasteiger charge is -2.36. The standard InChI is InChI=1S/C27H29N7O4S/c1-4-28-25(37)33-26-32-21-12-16(11-19(22(21)39-26)20-13-18(38-3)5-8-29-20)17-14-30-24(31-15-17)34-9-6-27(2,7-10-34)23(35)36/h5,8,11-15H,4,6-7,9-10H2,1-3H3,(H,35,36)(H2,28,32,33,37). The molecule has 5 rings (SSSR count). The van der Waals surface area contributed by atoms with Gasteiger partial charge < -0.3 is 20.1 Å². The Balaban J connectivity index is 1.49. The second-order valence-electron chi connectivity index (χ2n) is 9.58. The molecule has 0 radical (unpaired) electrons. The van der Waals surface area contributed by atoms with Crippen molar-refractivity contribution < 1.29 is 19.4 Å². The number of pyridine rings is 1. The minimum atomic E-state index is -0.762. The molecule has 1 saturated heterocycles. The Morgan fingerprint density at radius 1 is 1.13 bits per heavy atom. The van der Waals surface area contributed by atoms with Crippen molar-refractivity contribution in [2.45, 2.75) is 26.7 Å². The van der Waals surface area contributed by atoms with Crippen molar-refractivity contribution in [3.8, 4) is 28.1 Å². The molecule has 11 nitrogen and oxygen atoms in total. The molecule has 202 valence electrons. The number of hydrogen-bond acceptors (Lipinski definition) is 9. The molecule has 12 heteroatoms. The van der Waals surface area contributed by atoms with Crippen LogP contribution in [-0.2, 0) is 4.79 Å². The molecule has 0 aliphatic carbocycles. The van der Waals surface area contributed by atoms with Gasteiger partial charge >= 0.3 is 12.0 Å². The van der Waals surface area contributed by atoms with Crippen LogP contribution in [0.3, 0.4) is 0 Å². The highest BCUT2D eigenvalue weighted by molar-refractivity contribution is 7.22. The smallest absolute Gasteiger partial charge is 0.321 e. The van der Waals surface area contributed by atoms with Crippen molar-refractivity contribution >= 4 is 44.6 Å². The average molecular weight is 548 g/mol. The topological polar surface area (TPSA) is 142 Å². The fourth-order valence-corrected chi connectivity index (χ4v) is 5.44. The van der Waals surface area contributed by atoms with E-state index < -0.39 is 11.4 Å². The van der Waals surface area contributed by atoms with E-state index in [1.54, 1.807) is 38.7 Å². The molecule has 0 atom stereocenters. The van der Waals surface area contributed by atoms with E-state index in [-0.39, 0.29) is 6.03 Å². The zero-order chi connectivity index (χ0) is 27.6. The lowest BCUT2D eigenvalue weighted by Crippen LogP contribution is -2.43. The largest absolute Gasteiger partial charge is 0.497 e. The first-order valence-electron chi connectivity index (χ1n) is 12.6. The Morgan fingerprint density at radius 2 is 1.87 bits per heavy atom. The Labute approximate surface area is 229 Å². The van der Waals surface area contributed by atoms with Crippen LogP contribution in [0.4, 0.5) is 15.9 Å². The lowest BCUT2D eigenvalue weighted by atomic mass is 9.80.